The molecule has 1 aliphatic carbocycles. The zero-order valence-corrected chi connectivity index (χ0v) is 25.6. The Balaban J connectivity index is 1.36. The lowest BCUT2D eigenvalue weighted by Crippen LogP contribution is -2.18. The monoisotopic (exact) mass is 638 g/mol. The van der Waals surface area contributed by atoms with Gasteiger partial charge >= 0.3 is 12.3 Å². The second-order valence-corrected chi connectivity index (χ2v) is 11.1. The van der Waals surface area contributed by atoms with Crippen molar-refractivity contribution in [3.8, 4) is 5.75 Å². The molecule has 45 heavy (non-hydrogen) atoms. The number of alkyl halides is 3. The number of halogens is 3. The Morgan fingerprint density at radius 3 is 2.33 bits per heavy atom. The van der Waals surface area contributed by atoms with Crippen LogP contribution >= 0.6 is 11.8 Å². The summed E-state index contributed by atoms with van der Waals surface area (Å²) in [4.78, 5) is 25.3. The zero-order chi connectivity index (χ0) is 32.2. The number of carbonyl (C=O) groups excluding carboxylic acids is 1. The molecule has 3 aromatic carbocycles. The molecule has 3 N–H and O–H groups in total. The van der Waals surface area contributed by atoms with Crippen LogP contribution in [0.5, 0.6) is 5.75 Å². The van der Waals surface area contributed by atoms with Gasteiger partial charge < -0.3 is 15.2 Å². The van der Waals surface area contributed by atoms with Crippen molar-refractivity contribution < 1.29 is 27.4 Å². The molecular weight excluding hydrogens is 605 g/mol. The third-order valence-corrected chi connectivity index (χ3v) is 7.48. The Kier molecular flexibility index (Phi) is 11.7. The summed E-state index contributed by atoms with van der Waals surface area (Å²) in [6.07, 6.45) is 1.94. The summed E-state index contributed by atoms with van der Waals surface area (Å²) < 4.78 is 46.2. The molecule has 1 fully saturated rings. The Hall–Kier alpha value is -4.65. The van der Waals surface area contributed by atoms with E-state index in [-0.39, 0.29) is 29.4 Å². The number of benzene rings is 3. The molecule has 1 saturated carbocycles. The fraction of sp³-hybridized carbons (Fsp3) is 0.281. The van der Waals surface area contributed by atoms with Gasteiger partial charge in [-0.2, -0.15) is 5.10 Å². The number of aliphatic imine (C=N–C) groups is 3. The highest BCUT2D eigenvalue weighted by Gasteiger charge is 2.31. The molecular formula is C32H33F3N6O3S. The normalized spacial score (nSPS) is 14.8. The Morgan fingerprint density at radius 1 is 1.02 bits per heavy atom. The van der Waals surface area contributed by atoms with E-state index in [0.717, 1.165) is 60.2 Å². The van der Waals surface area contributed by atoms with Gasteiger partial charge in [0.15, 0.2) is 5.17 Å². The summed E-state index contributed by atoms with van der Waals surface area (Å²) in [5.41, 5.74) is 13.7. The summed E-state index contributed by atoms with van der Waals surface area (Å²) in [6, 6.07) is 18.1. The minimum Gasteiger partial charge on any atom is -0.454 e. The van der Waals surface area contributed by atoms with E-state index in [1.165, 1.54) is 30.2 Å². The summed E-state index contributed by atoms with van der Waals surface area (Å²) in [5.74, 6) is -0.211. The van der Waals surface area contributed by atoms with Gasteiger partial charge in [0.1, 0.15) is 23.9 Å². The summed E-state index contributed by atoms with van der Waals surface area (Å²) >= 11 is 1.26. The van der Waals surface area contributed by atoms with E-state index in [1.54, 1.807) is 30.5 Å². The summed E-state index contributed by atoms with van der Waals surface area (Å²) in [6.45, 7) is 3.96. The average molecular weight is 639 g/mol. The minimum atomic E-state index is -4.76. The van der Waals surface area contributed by atoms with E-state index in [9.17, 15) is 18.0 Å². The van der Waals surface area contributed by atoms with Crippen molar-refractivity contribution in [3.63, 3.8) is 0 Å². The van der Waals surface area contributed by atoms with E-state index >= 15 is 0 Å². The molecule has 0 saturated heterocycles. The molecule has 0 bridgehead atoms. The van der Waals surface area contributed by atoms with Gasteiger partial charge in [-0.25, -0.2) is 15.0 Å². The Morgan fingerprint density at radius 2 is 1.69 bits per heavy atom. The predicted molar refractivity (Wildman–Crippen MR) is 173 cm³/mol. The minimum absolute atomic E-state index is 0.0209. The van der Waals surface area contributed by atoms with E-state index in [0.29, 0.717) is 16.4 Å². The van der Waals surface area contributed by atoms with E-state index in [1.807, 2.05) is 32.0 Å². The first-order chi connectivity index (χ1) is 21.6. The van der Waals surface area contributed by atoms with Crippen molar-refractivity contribution >= 4 is 52.7 Å². The number of para-hydroxylation sites is 1. The lowest BCUT2D eigenvalue weighted by atomic mass is 10.1. The number of nitrogens with one attached hydrogen (secondary N) is 1. The number of esters is 1. The molecule has 4 rings (SSSR count). The quantitative estimate of drug-likeness (QED) is 0.0790. The number of rotatable bonds is 10. The second-order valence-electron chi connectivity index (χ2n) is 10.2. The van der Waals surface area contributed by atoms with Crippen LogP contribution in [0.2, 0.25) is 0 Å². The van der Waals surface area contributed by atoms with Gasteiger partial charge in [0.05, 0.1) is 23.5 Å². The van der Waals surface area contributed by atoms with Crippen LogP contribution < -0.4 is 15.9 Å². The number of aryl methyl sites for hydroxylation is 2. The highest BCUT2D eigenvalue weighted by Crippen LogP contribution is 2.28. The molecule has 0 radical (unpaired) electrons. The number of ether oxygens (including phenoxy) is 2. The van der Waals surface area contributed by atoms with Crippen molar-refractivity contribution in [2.45, 2.75) is 45.9 Å². The zero-order valence-electron chi connectivity index (χ0n) is 24.8. The van der Waals surface area contributed by atoms with Gasteiger partial charge in [0.2, 0.25) is 0 Å². The van der Waals surface area contributed by atoms with Gasteiger partial charge in [-0.1, -0.05) is 55.3 Å². The SMILES string of the molecule is Cc1cccc(C)c1N=C(N/N=C/c1ccc(C(N)=NC=Nc2ccc(OC(F)(F)F)cc2)cc1)SCOC(=O)C1CCCC1. The number of hydrazone groups is 1. The molecule has 0 heterocycles. The molecule has 3 aromatic rings. The maximum absolute atomic E-state index is 12.4. The van der Waals surface area contributed by atoms with Crippen molar-refractivity contribution in [1.29, 1.82) is 0 Å². The van der Waals surface area contributed by atoms with Crippen LogP contribution in [0.25, 0.3) is 0 Å². The van der Waals surface area contributed by atoms with Crippen LogP contribution in [0.15, 0.2) is 86.8 Å². The van der Waals surface area contributed by atoms with Crippen LogP contribution in [0, 0.1) is 19.8 Å². The van der Waals surface area contributed by atoms with Gasteiger partial charge in [0, 0.05) is 5.56 Å². The van der Waals surface area contributed by atoms with Gasteiger partial charge in [-0.05, 0) is 79.4 Å². The first kappa shape index (κ1) is 33.2. The molecule has 0 atom stereocenters. The number of thioether (sulfide) groups is 1. The van der Waals surface area contributed by atoms with E-state index in [2.05, 4.69) is 25.2 Å². The van der Waals surface area contributed by atoms with Crippen molar-refractivity contribution in [1.82, 2.24) is 5.43 Å². The third kappa shape index (κ3) is 10.8. The van der Waals surface area contributed by atoms with E-state index in [4.69, 9.17) is 15.5 Å². The van der Waals surface area contributed by atoms with Crippen LogP contribution in [-0.4, -0.2) is 41.8 Å². The molecule has 9 nitrogen and oxygen atoms in total. The molecule has 236 valence electrons. The number of amidine groups is 2. The average Bonchev–Trinajstić information content (AvgIpc) is 3.55. The standard InChI is InChI=1S/C32H33F3N6O3S/c1-21-6-5-7-22(2)28(21)40-31(45-20-43-30(42)25-8-3-4-9-25)41-39-18-23-10-12-24(13-11-23)29(36)38-19-37-26-14-16-27(17-15-26)44-32(33,34)35/h5-7,10-19,25H,3-4,8-9,20H2,1-2H3,(H,40,41)(H2,36,37,38)/b39-18+. The lowest BCUT2D eigenvalue weighted by molar-refractivity contribution is -0.274. The number of carbonyl (C=O) groups is 1. The Bertz CT molecular complexity index is 1550. The molecule has 0 amide bonds. The van der Waals surface area contributed by atoms with Crippen molar-refractivity contribution in [2.24, 2.45) is 31.7 Å². The Labute approximate surface area is 263 Å². The van der Waals surface area contributed by atoms with Crippen molar-refractivity contribution in [2.75, 3.05) is 5.94 Å². The van der Waals surface area contributed by atoms with Gasteiger partial charge in [0.25, 0.3) is 0 Å². The van der Waals surface area contributed by atoms with E-state index < -0.39 is 6.36 Å². The van der Waals surface area contributed by atoms with Crippen LogP contribution in [0.1, 0.15) is 47.9 Å². The summed E-state index contributed by atoms with van der Waals surface area (Å²) in [5, 5.41) is 4.82. The largest absolute Gasteiger partial charge is 0.573 e. The van der Waals surface area contributed by atoms with Crippen LogP contribution in [0.3, 0.4) is 0 Å². The fourth-order valence-electron chi connectivity index (χ4n) is 4.46. The fourth-order valence-corrected chi connectivity index (χ4v) is 5.02. The number of nitrogens with zero attached hydrogens (tertiary/aromatic N) is 4. The third-order valence-electron chi connectivity index (χ3n) is 6.79. The van der Waals surface area contributed by atoms with Crippen LogP contribution in [-0.2, 0) is 9.53 Å². The lowest BCUT2D eigenvalue weighted by Gasteiger charge is -2.11. The molecule has 0 aromatic heterocycles. The van der Waals surface area contributed by atoms with Gasteiger partial charge in [-0.3, -0.25) is 10.2 Å². The number of hydrogen-bond donors (Lipinski definition) is 2. The van der Waals surface area contributed by atoms with Gasteiger partial charge in [-0.15, -0.1) is 13.2 Å². The molecule has 0 spiro atoms. The maximum Gasteiger partial charge on any atom is 0.573 e. The number of nitrogens with two attached hydrogens (primary N) is 1. The molecule has 13 heteroatoms. The first-order valence-corrected chi connectivity index (χ1v) is 15.1. The first-order valence-electron chi connectivity index (χ1n) is 14.1. The van der Waals surface area contributed by atoms with Crippen LogP contribution in [0.4, 0.5) is 24.5 Å². The molecule has 1 aliphatic rings. The maximum atomic E-state index is 12.4. The molecule has 0 unspecified atom stereocenters. The number of hydrogen-bond acceptors (Lipinski definition) is 7. The highest BCUT2D eigenvalue weighted by atomic mass is 32.2. The smallest absolute Gasteiger partial charge is 0.454 e. The highest BCUT2D eigenvalue weighted by molar-refractivity contribution is 8.13. The predicted octanol–water partition coefficient (Wildman–Crippen LogP) is 7.30. The molecule has 0 aliphatic heterocycles. The topological polar surface area (TPSA) is 123 Å². The van der Waals surface area contributed by atoms with Crippen molar-refractivity contribution in [3.05, 3.63) is 89.0 Å². The second kappa shape index (κ2) is 15.9. The summed E-state index contributed by atoms with van der Waals surface area (Å²) in [7, 11) is 0.